The van der Waals surface area contributed by atoms with Crippen molar-refractivity contribution in [1.29, 1.82) is 0 Å². The predicted octanol–water partition coefficient (Wildman–Crippen LogP) is 2.21. The first-order valence-electron chi connectivity index (χ1n) is 8.01. The fraction of sp³-hybridized carbons (Fsp3) is 0.105. The summed E-state index contributed by atoms with van der Waals surface area (Å²) in [6.45, 7) is 0.473. The van der Waals surface area contributed by atoms with Gasteiger partial charge < -0.3 is 20.3 Å². The highest BCUT2D eigenvalue weighted by Crippen LogP contribution is 2.19. The van der Waals surface area contributed by atoms with Gasteiger partial charge >= 0.3 is 0 Å². The van der Waals surface area contributed by atoms with Crippen LogP contribution < -0.4 is 10.6 Å². The Morgan fingerprint density at radius 1 is 0.923 bits per heavy atom. The van der Waals surface area contributed by atoms with Crippen molar-refractivity contribution in [2.45, 2.75) is 0 Å². The summed E-state index contributed by atoms with van der Waals surface area (Å²) in [5.74, 6) is -0.190. The van der Waals surface area contributed by atoms with Gasteiger partial charge in [0.2, 0.25) is 0 Å². The third kappa shape index (κ3) is 4.27. The van der Waals surface area contributed by atoms with E-state index in [1.807, 2.05) is 30.3 Å². The van der Waals surface area contributed by atoms with Crippen LogP contribution in [0, 0.1) is 0 Å². The monoisotopic (exact) mass is 351 g/mol. The van der Waals surface area contributed by atoms with Crippen molar-refractivity contribution in [2.75, 3.05) is 13.1 Å². The first-order valence-corrected chi connectivity index (χ1v) is 8.01. The number of hydrogen-bond donors (Lipinski definition) is 3. The molecule has 3 N–H and O–H groups in total. The quantitative estimate of drug-likeness (QED) is 0.591. The lowest BCUT2D eigenvalue weighted by Crippen LogP contribution is -2.34. The summed E-state index contributed by atoms with van der Waals surface area (Å²) >= 11 is 0. The largest absolute Gasteiger partial charge is 0.508 e. The zero-order chi connectivity index (χ0) is 18.4. The van der Waals surface area contributed by atoms with Crippen LogP contribution in [0.3, 0.4) is 0 Å². The molecule has 0 saturated heterocycles. The average Bonchev–Trinajstić information content (AvgIpc) is 3.16. The summed E-state index contributed by atoms with van der Waals surface area (Å²) < 4.78 is 5.18. The van der Waals surface area contributed by atoms with Gasteiger partial charge in [-0.05, 0) is 18.2 Å². The minimum absolute atomic E-state index is 0.0196. The minimum atomic E-state index is -0.387. The van der Waals surface area contributed by atoms with Gasteiger partial charge in [-0.15, -0.1) is 0 Å². The molecule has 0 aliphatic heterocycles. The van der Waals surface area contributed by atoms with Crippen molar-refractivity contribution in [3.8, 4) is 17.1 Å². The number of hydrogen-bond acceptors (Lipinski definition) is 5. The van der Waals surface area contributed by atoms with E-state index < -0.39 is 0 Å². The average molecular weight is 351 g/mol. The molecule has 0 bridgehead atoms. The van der Waals surface area contributed by atoms with E-state index in [0.29, 0.717) is 11.3 Å². The van der Waals surface area contributed by atoms with Crippen LogP contribution in [0.25, 0.3) is 11.3 Å². The van der Waals surface area contributed by atoms with Crippen LogP contribution >= 0.6 is 0 Å². The normalized spacial score (nSPS) is 10.3. The van der Waals surface area contributed by atoms with Crippen LogP contribution in [0.15, 0.2) is 65.2 Å². The zero-order valence-electron chi connectivity index (χ0n) is 13.8. The van der Waals surface area contributed by atoms with Crippen LogP contribution in [0.1, 0.15) is 20.8 Å². The summed E-state index contributed by atoms with van der Waals surface area (Å²) in [4.78, 5) is 24.0. The number of nitrogens with one attached hydrogen (secondary N) is 2. The summed E-state index contributed by atoms with van der Waals surface area (Å²) in [7, 11) is 0. The number of phenols is 1. The molecule has 2 aromatic carbocycles. The molecular weight excluding hydrogens is 334 g/mol. The molecule has 1 aromatic heterocycles. The Labute approximate surface area is 149 Å². The van der Waals surface area contributed by atoms with Gasteiger partial charge in [0.1, 0.15) is 5.75 Å². The topological polar surface area (TPSA) is 104 Å². The van der Waals surface area contributed by atoms with Gasteiger partial charge in [0, 0.05) is 30.3 Å². The summed E-state index contributed by atoms with van der Waals surface area (Å²) in [6, 6.07) is 16.9. The lowest BCUT2D eigenvalue weighted by atomic mass is 10.1. The number of nitrogens with zero attached hydrogens (tertiary/aromatic N) is 1. The Kier molecular flexibility index (Phi) is 5.28. The van der Waals surface area contributed by atoms with E-state index in [4.69, 9.17) is 4.52 Å². The molecule has 0 radical (unpaired) electrons. The molecule has 7 nitrogen and oxygen atoms in total. The summed E-state index contributed by atoms with van der Waals surface area (Å²) in [6.07, 6.45) is 0. The molecule has 2 amide bonds. The lowest BCUT2D eigenvalue weighted by molar-refractivity contribution is 0.0922. The molecule has 0 aliphatic carbocycles. The van der Waals surface area contributed by atoms with E-state index in [0.717, 1.165) is 5.56 Å². The highest BCUT2D eigenvalue weighted by atomic mass is 16.5. The van der Waals surface area contributed by atoms with Gasteiger partial charge in [0.15, 0.2) is 11.5 Å². The van der Waals surface area contributed by atoms with Crippen molar-refractivity contribution < 1.29 is 19.2 Å². The standard InChI is InChI=1S/C19H17N3O4/c23-15-8-4-7-14(11-15)18(24)20-9-10-21-19(25)16-12-17(26-22-16)13-5-2-1-3-6-13/h1-8,11-12,23H,9-10H2,(H,20,24)(H,21,25). The van der Waals surface area contributed by atoms with Gasteiger partial charge in [-0.25, -0.2) is 0 Å². The molecule has 7 heteroatoms. The number of carbonyl (C=O) groups excluding carboxylic acids is 2. The number of carbonyl (C=O) groups is 2. The van der Waals surface area contributed by atoms with Crippen molar-refractivity contribution in [3.05, 3.63) is 71.9 Å². The number of rotatable bonds is 6. The molecular formula is C19H17N3O4. The van der Waals surface area contributed by atoms with Gasteiger partial charge in [-0.2, -0.15) is 0 Å². The zero-order valence-corrected chi connectivity index (χ0v) is 13.8. The molecule has 0 aliphatic rings. The number of aromatic nitrogens is 1. The summed E-state index contributed by atoms with van der Waals surface area (Å²) in [5.41, 5.74) is 1.35. The lowest BCUT2D eigenvalue weighted by Gasteiger charge is -2.06. The van der Waals surface area contributed by atoms with Gasteiger partial charge in [0.25, 0.3) is 11.8 Å². The first-order chi connectivity index (χ1) is 12.6. The maximum absolute atomic E-state index is 12.1. The molecule has 0 fully saturated rings. The Bertz CT molecular complexity index is 906. The second-order valence-corrected chi connectivity index (χ2v) is 5.50. The highest BCUT2D eigenvalue weighted by molar-refractivity contribution is 5.95. The van der Waals surface area contributed by atoms with Gasteiger partial charge in [0.05, 0.1) is 0 Å². The molecule has 3 rings (SSSR count). The molecule has 26 heavy (non-hydrogen) atoms. The van der Waals surface area contributed by atoms with Crippen LogP contribution in [-0.4, -0.2) is 35.2 Å². The SMILES string of the molecule is O=C(NCCNC(=O)c1cc(-c2ccccc2)on1)c1cccc(O)c1. The fourth-order valence-corrected chi connectivity index (χ4v) is 2.31. The van der Waals surface area contributed by atoms with Crippen LogP contribution in [0.2, 0.25) is 0 Å². The molecule has 1 heterocycles. The van der Waals surface area contributed by atoms with E-state index in [1.54, 1.807) is 18.2 Å². The Balaban J connectivity index is 1.47. The van der Waals surface area contributed by atoms with Crippen molar-refractivity contribution in [1.82, 2.24) is 15.8 Å². The number of amides is 2. The van der Waals surface area contributed by atoms with E-state index in [-0.39, 0.29) is 36.3 Å². The second-order valence-electron chi connectivity index (χ2n) is 5.50. The molecule has 132 valence electrons. The fourth-order valence-electron chi connectivity index (χ4n) is 2.31. The Hall–Kier alpha value is -3.61. The smallest absolute Gasteiger partial charge is 0.273 e. The number of phenolic OH excluding ortho intramolecular Hbond substituents is 1. The third-order valence-corrected chi connectivity index (χ3v) is 3.61. The van der Waals surface area contributed by atoms with Gasteiger partial charge in [-0.3, -0.25) is 9.59 Å². The Morgan fingerprint density at radius 2 is 1.65 bits per heavy atom. The van der Waals surface area contributed by atoms with Crippen LogP contribution in [0.5, 0.6) is 5.75 Å². The van der Waals surface area contributed by atoms with Crippen LogP contribution in [0.4, 0.5) is 0 Å². The maximum atomic E-state index is 12.1. The summed E-state index contributed by atoms with van der Waals surface area (Å²) in [5, 5.41) is 18.4. The van der Waals surface area contributed by atoms with E-state index in [1.165, 1.54) is 12.1 Å². The highest BCUT2D eigenvalue weighted by Gasteiger charge is 2.13. The predicted molar refractivity (Wildman–Crippen MR) is 94.7 cm³/mol. The van der Waals surface area contributed by atoms with E-state index >= 15 is 0 Å². The van der Waals surface area contributed by atoms with E-state index in [2.05, 4.69) is 15.8 Å². The minimum Gasteiger partial charge on any atom is -0.508 e. The molecule has 0 saturated carbocycles. The molecule has 0 unspecified atom stereocenters. The Morgan fingerprint density at radius 3 is 2.38 bits per heavy atom. The van der Waals surface area contributed by atoms with Crippen molar-refractivity contribution in [3.63, 3.8) is 0 Å². The first kappa shape index (κ1) is 17.2. The maximum Gasteiger partial charge on any atom is 0.273 e. The second kappa shape index (κ2) is 7.98. The third-order valence-electron chi connectivity index (χ3n) is 3.61. The van der Waals surface area contributed by atoms with Crippen LogP contribution in [-0.2, 0) is 0 Å². The van der Waals surface area contributed by atoms with E-state index in [9.17, 15) is 14.7 Å². The van der Waals surface area contributed by atoms with Crippen molar-refractivity contribution >= 4 is 11.8 Å². The number of benzene rings is 2. The molecule has 3 aromatic rings. The number of aromatic hydroxyl groups is 1. The van der Waals surface area contributed by atoms with Crippen molar-refractivity contribution in [2.24, 2.45) is 0 Å². The van der Waals surface area contributed by atoms with Gasteiger partial charge in [-0.1, -0.05) is 41.6 Å². The molecule has 0 spiro atoms. The molecule has 0 atom stereocenters.